The molecule has 1 aromatic carbocycles. The Kier molecular flexibility index (Phi) is 3.24. The van der Waals surface area contributed by atoms with Crippen molar-refractivity contribution in [3.63, 3.8) is 0 Å². The lowest BCUT2D eigenvalue weighted by Crippen LogP contribution is -2.07. The summed E-state index contributed by atoms with van der Waals surface area (Å²) in [6.45, 7) is 1.65. The van der Waals surface area contributed by atoms with Crippen molar-refractivity contribution in [3.05, 3.63) is 29.1 Å². The van der Waals surface area contributed by atoms with Gasteiger partial charge in [-0.1, -0.05) is 0 Å². The molecule has 0 aliphatic heterocycles. The van der Waals surface area contributed by atoms with Crippen LogP contribution in [-0.4, -0.2) is 17.7 Å². The van der Waals surface area contributed by atoms with Crippen LogP contribution in [0.5, 0.6) is 5.75 Å². The van der Waals surface area contributed by atoms with E-state index in [2.05, 4.69) is 4.74 Å². The SMILES string of the molecule is CCOC(=O)c1c(O)cc(C#N)cc1F. The predicted octanol–water partition coefficient (Wildman–Crippen LogP) is 1.58. The Morgan fingerprint density at radius 3 is 2.80 bits per heavy atom. The predicted molar refractivity (Wildman–Crippen MR) is 48.7 cm³/mol. The van der Waals surface area contributed by atoms with Crippen LogP contribution in [0.1, 0.15) is 22.8 Å². The number of ether oxygens (including phenoxy) is 1. The molecule has 0 aliphatic carbocycles. The van der Waals surface area contributed by atoms with Gasteiger partial charge in [-0.3, -0.25) is 0 Å². The van der Waals surface area contributed by atoms with Gasteiger partial charge in [0.25, 0.3) is 0 Å². The summed E-state index contributed by atoms with van der Waals surface area (Å²) < 4.78 is 17.8. The minimum Gasteiger partial charge on any atom is -0.507 e. The number of rotatable bonds is 2. The van der Waals surface area contributed by atoms with E-state index in [0.29, 0.717) is 0 Å². The van der Waals surface area contributed by atoms with Crippen molar-refractivity contribution < 1.29 is 19.0 Å². The highest BCUT2D eigenvalue weighted by Gasteiger charge is 2.19. The Bertz CT molecular complexity index is 414. The van der Waals surface area contributed by atoms with Crippen molar-refractivity contribution >= 4 is 5.97 Å². The van der Waals surface area contributed by atoms with Crippen LogP contribution in [0, 0.1) is 17.1 Å². The molecule has 0 saturated carbocycles. The molecule has 15 heavy (non-hydrogen) atoms. The third-order valence-corrected chi connectivity index (χ3v) is 1.68. The van der Waals surface area contributed by atoms with Crippen molar-refractivity contribution in [2.45, 2.75) is 6.92 Å². The molecule has 0 aromatic heterocycles. The Balaban J connectivity index is 3.21. The maximum absolute atomic E-state index is 13.3. The summed E-state index contributed by atoms with van der Waals surface area (Å²) in [5.74, 6) is -2.51. The minimum atomic E-state index is -0.968. The van der Waals surface area contributed by atoms with Crippen molar-refractivity contribution in [3.8, 4) is 11.8 Å². The summed E-state index contributed by atoms with van der Waals surface area (Å²) >= 11 is 0. The van der Waals surface area contributed by atoms with Crippen molar-refractivity contribution in [2.24, 2.45) is 0 Å². The number of phenolic OH excluding ortho intramolecular Hbond substituents is 1. The Labute approximate surface area is 85.5 Å². The maximum atomic E-state index is 13.3. The van der Waals surface area contributed by atoms with Gasteiger partial charge in [-0.2, -0.15) is 5.26 Å². The number of carbonyl (C=O) groups is 1. The first-order valence-electron chi connectivity index (χ1n) is 4.19. The third kappa shape index (κ3) is 2.23. The number of aromatic hydroxyl groups is 1. The lowest BCUT2D eigenvalue weighted by molar-refractivity contribution is 0.0517. The fourth-order valence-electron chi connectivity index (χ4n) is 1.06. The van der Waals surface area contributed by atoms with Crippen LogP contribution in [-0.2, 0) is 4.74 Å². The molecule has 1 N–H and O–H groups in total. The first kappa shape index (κ1) is 11.0. The van der Waals surface area contributed by atoms with Gasteiger partial charge in [0.1, 0.15) is 17.1 Å². The number of halogens is 1. The van der Waals surface area contributed by atoms with Crippen LogP contribution in [0.4, 0.5) is 4.39 Å². The summed E-state index contributed by atoms with van der Waals surface area (Å²) in [7, 11) is 0. The van der Waals surface area contributed by atoms with E-state index >= 15 is 0 Å². The second-order valence-corrected chi connectivity index (χ2v) is 2.68. The number of carbonyl (C=O) groups excluding carboxylic acids is 1. The zero-order chi connectivity index (χ0) is 11.4. The van der Waals surface area contributed by atoms with Crippen LogP contribution >= 0.6 is 0 Å². The largest absolute Gasteiger partial charge is 0.507 e. The Hall–Kier alpha value is -2.09. The molecule has 0 unspecified atom stereocenters. The molecule has 0 fully saturated rings. The molecule has 0 radical (unpaired) electrons. The second-order valence-electron chi connectivity index (χ2n) is 2.68. The number of phenols is 1. The highest BCUT2D eigenvalue weighted by molar-refractivity contribution is 5.92. The fraction of sp³-hybridized carbons (Fsp3) is 0.200. The van der Waals surface area contributed by atoms with Gasteiger partial charge in [0.2, 0.25) is 0 Å². The lowest BCUT2D eigenvalue weighted by Gasteiger charge is -2.05. The number of nitrogens with zero attached hydrogens (tertiary/aromatic N) is 1. The average molecular weight is 209 g/mol. The number of hydrogen-bond acceptors (Lipinski definition) is 4. The average Bonchev–Trinajstić information content (AvgIpc) is 2.16. The molecule has 5 heteroatoms. The Morgan fingerprint density at radius 2 is 2.33 bits per heavy atom. The van der Waals surface area contributed by atoms with Crippen LogP contribution in [0.2, 0.25) is 0 Å². The normalized spacial score (nSPS) is 9.40. The first-order chi connectivity index (χ1) is 7.10. The van der Waals surface area contributed by atoms with E-state index in [0.717, 1.165) is 12.1 Å². The molecular weight excluding hydrogens is 201 g/mol. The van der Waals surface area contributed by atoms with Crippen molar-refractivity contribution in [2.75, 3.05) is 6.61 Å². The maximum Gasteiger partial charge on any atom is 0.344 e. The van der Waals surface area contributed by atoms with Crippen LogP contribution in [0.15, 0.2) is 12.1 Å². The monoisotopic (exact) mass is 209 g/mol. The first-order valence-corrected chi connectivity index (χ1v) is 4.19. The number of hydrogen-bond donors (Lipinski definition) is 1. The van der Waals surface area contributed by atoms with Gasteiger partial charge in [-0.25, -0.2) is 9.18 Å². The zero-order valence-electron chi connectivity index (χ0n) is 7.95. The highest BCUT2D eigenvalue weighted by atomic mass is 19.1. The minimum absolute atomic E-state index is 0.0574. The van der Waals surface area contributed by atoms with Gasteiger partial charge in [0, 0.05) is 0 Å². The fourth-order valence-corrected chi connectivity index (χ4v) is 1.06. The summed E-state index contributed by atoms with van der Waals surface area (Å²) in [5, 5.41) is 17.8. The third-order valence-electron chi connectivity index (χ3n) is 1.68. The van der Waals surface area contributed by atoms with E-state index in [-0.39, 0.29) is 12.2 Å². The molecule has 1 rings (SSSR count). The molecule has 0 saturated heterocycles. The topological polar surface area (TPSA) is 70.3 Å². The summed E-state index contributed by atoms with van der Waals surface area (Å²) in [4.78, 5) is 11.2. The standard InChI is InChI=1S/C10H8FNO3/c1-2-15-10(14)9-7(11)3-6(5-12)4-8(9)13/h3-4,13H,2H2,1H3. The van der Waals surface area contributed by atoms with Gasteiger partial charge in [-0.05, 0) is 19.1 Å². The molecule has 0 aliphatic rings. The molecule has 1 aromatic rings. The van der Waals surface area contributed by atoms with E-state index < -0.39 is 23.1 Å². The molecule has 78 valence electrons. The Morgan fingerprint density at radius 1 is 1.67 bits per heavy atom. The highest BCUT2D eigenvalue weighted by Crippen LogP contribution is 2.23. The van der Waals surface area contributed by atoms with Gasteiger partial charge >= 0.3 is 5.97 Å². The molecule has 0 spiro atoms. The number of benzene rings is 1. The smallest absolute Gasteiger partial charge is 0.344 e. The second kappa shape index (κ2) is 4.42. The number of esters is 1. The van der Waals surface area contributed by atoms with E-state index in [1.54, 1.807) is 13.0 Å². The van der Waals surface area contributed by atoms with Crippen LogP contribution in [0.25, 0.3) is 0 Å². The molecule has 4 nitrogen and oxygen atoms in total. The van der Waals surface area contributed by atoms with Crippen LogP contribution < -0.4 is 0 Å². The van der Waals surface area contributed by atoms with E-state index in [1.807, 2.05) is 0 Å². The van der Waals surface area contributed by atoms with Crippen molar-refractivity contribution in [1.29, 1.82) is 5.26 Å². The molecule has 0 amide bonds. The van der Waals surface area contributed by atoms with Gasteiger partial charge in [0.15, 0.2) is 0 Å². The number of nitriles is 1. The van der Waals surface area contributed by atoms with E-state index in [1.165, 1.54) is 0 Å². The van der Waals surface area contributed by atoms with Crippen molar-refractivity contribution in [1.82, 2.24) is 0 Å². The van der Waals surface area contributed by atoms with Gasteiger partial charge in [-0.15, -0.1) is 0 Å². The van der Waals surface area contributed by atoms with Crippen LogP contribution in [0.3, 0.4) is 0 Å². The summed E-state index contributed by atoms with van der Waals surface area (Å²) in [6.07, 6.45) is 0. The zero-order valence-corrected chi connectivity index (χ0v) is 7.95. The van der Waals surface area contributed by atoms with E-state index in [4.69, 9.17) is 5.26 Å². The quantitative estimate of drug-likeness (QED) is 0.750. The summed E-state index contributed by atoms with van der Waals surface area (Å²) in [5.41, 5.74) is -0.603. The molecule has 0 heterocycles. The summed E-state index contributed by atoms with van der Waals surface area (Å²) in [6, 6.07) is 3.53. The molecule has 0 atom stereocenters. The molecule has 0 bridgehead atoms. The molecular formula is C10H8FNO3. The van der Waals surface area contributed by atoms with Gasteiger partial charge in [0.05, 0.1) is 18.2 Å². The van der Waals surface area contributed by atoms with E-state index in [9.17, 15) is 14.3 Å². The van der Waals surface area contributed by atoms with Gasteiger partial charge < -0.3 is 9.84 Å². The lowest BCUT2D eigenvalue weighted by atomic mass is 10.1.